The number of carbonyl (C=O) groups excluding carboxylic acids is 1. The second-order valence-electron chi connectivity index (χ2n) is 6.37. The van der Waals surface area contributed by atoms with Crippen LogP contribution in [0.15, 0.2) is 35.8 Å². The predicted octanol–water partition coefficient (Wildman–Crippen LogP) is 4.66. The summed E-state index contributed by atoms with van der Waals surface area (Å²) in [5.74, 6) is 1.05. The first kappa shape index (κ1) is 17.5. The summed E-state index contributed by atoms with van der Waals surface area (Å²) in [5, 5.41) is 5.29. The van der Waals surface area contributed by atoms with Crippen LogP contribution in [0.3, 0.4) is 0 Å². The van der Waals surface area contributed by atoms with E-state index in [4.69, 9.17) is 4.74 Å². The van der Waals surface area contributed by atoms with Crippen molar-refractivity contribution >= 4 is 22.4 Å². The maximum atomic E-state index is 12.7. The molecule has 0 saturated carbocycles. The zero-order valence-corrected chi connectivity index (χ0v) is 14.9. The number of aromatic nitrogens is 1. The van der Waals surface area contributed by atoms with Crippen molar-refractivity contribution in [2.75, 3.05) is 5.32 Å². The molecule has 1 aromatic carbocycles. The Balaban J connectivity index is 2.16. The minimum absolute atomic E-state index is 0.159. The highest BCUT2D eigenvalue weighted by atomic mass is 32.1. The van der Waals surface area contributed by atoms with Crippen LogP contribution in [0, 0.1) is 12.8 Å². The third-order valence-corrected chi connectivity index (χ3v) is 4.38. The quantitative estimate of drug-likeness (QED) is 0.802. The fourth-order valence-electron chi connectivity index (χ4n) is 2.16. The van der Waals surface area contributed by atoms with E-state index in [0.29, 0.717) is 23.2 Å². The maximum Gasteiger partial charge on any atom is 0.270 e. The van der Waals surface area contributed by atoms with Crippen LogP contribution in [0.2, 0.25) is 0 Å². The van der Waals surface area contributed by atoms with Gasteiger partial charge in [-0.2, -0.15) is 0 Å². The first-order valence-corrected chi connectivity index (χ1v) is 8.73. The minimum atomic E-state index is -0.925. The van der Waals surface area contributed by atoms with Gasteiger partial charge in [0.25, 0.3) is 5.91 Å². The van der Waals surface area contributed by atoms with Crippen LogP contribution < -0.4 is 10.1 Å². The van der Waals surface area contributed by atoms with Gasteiger partial charge in [-0.3, -0.25) is 10.1 Å². The predicted molar refractivity (Wildman–Crippen MR) is 95.0 cm³/mol. The molecule has 2 aromatic rings. The fourth-order valence-corrected chi connectivity index (χ4v) is 2.68. The monoisotopic (exact) mass is 332 g/mol. The molecule has 0 radical (unpaired) electrons. The molecule has 1 N–H and O–H groups in total. The van der Waals surface area contributed by atoms with Gasteiger partial charge in [0.05, 0.1) is 0 Å². The largest absolute Gasteiger partial charge is 0.478 e. The van der Waals surface area contributed by atoms with E-state index in [1.165, 1.54) is 11.3 Å². The number of ether oxygens (including phenoxy) is 1. The van der Waals surface area contributed by atoms with Crippen LogP contribution in [0.4, 0.5) is 5.13 Å². The second kappa shape index (κ2) is 7.59. The van der Waals surface area contributed by atoms with E-state index in [0.717, 1.165) is 12.0 Å². The Morgan fingerprint density at radius 3 is 2.61 bits per heavy atom. The van der Waals surface area contributed by atoms with Crippen LogP contribution in [-0.4, -0.2) is 16.5 Å². The highest BCUT2D eigenvalue weighted by molar-refractivity contribution is 7.13. The smallest absolute Gasteiger partial charge is 0.270 e. The molecule has 0 bridgehead atoms. The zero-order chi connectivity index (χ0) is 16.9. The average Bonchev–Trinajstić information content (AvgIpc) is 3.00. The molecule has 0 fully saturated rings. The standard InChI is InChI=1S/C18H24N2O2S/c1-13(2)9-10-18(4,16(21)20-17-19-11-12-23-17)22-15-7-5-14(3)6-8-15/h5-8,11-13H,9-10H2,1-4H3,(H,19,20,21). The summed E-state index contributed by atoms with van der Waals surface area (Å²) >= 11 is 1.40. The molecule has 0 saturated heterocycles. The van der Waals surface area contributed by atoms with Crippen LogP contribution in [-0.2, 0) is 4.79 Å². The zero-order valence-electron chi connectivity index (χ0n) is 14.1. The normalized spacial score (nSPS) is 13.6. The number of carbonyl (C=O) groups is 1. The Hall–Kier alpha value is -1.88. The molecule has 1 unspecified atom stereocenters. The molecule has 1 aromatic heterocycles. The summed E-state index contributed by atoms with van der Waals surface area (Å²) < 4.78 is 6.08. The molecular formula is C18H24N2O2S. The van der Waals surface area contributed by atoms with Crippen molar-refractivity contribution in [3.05, 3.63) is 41.4 Å². The third kappa shape index (κ3) is 5.06. The van der Waals surface area contributed by atoms with Crippen LogP contribution in [0.25, 0.3) is 0 Å². The molecule has 1 atom stereocenters. The number of benzene rings is 1. The van der Waals surface area contributed by atoms with E-state index in [2.05, 4.69) is 24.1 Å². The molecule has 2 rings (SSSR count). The molecular weight excluding hydrogens is 308 g/mol. The van der Waals surface area contributed by atoms with Crippen molar-refractivity contribution in [1.29, 1.82) is 0 Å². The number of amides is 1. The molecule has 23 heavy (non-hydrogen) atoms. The summed E-state index contributed by atoms with van der Waals surface area (Å²) in [6, 6.07) is 7.77. The fraction of sp³-hybridized carbons (Fsp3) is 0.444. The highest BCUT2D eigenvalue weighted by Gasteiger charge is 2.36. The van der Waals surface area contributed by atoms with Crippen LogP contribution in [0.1, 0.15) is 39.2 Å². The van der Waals surface area contributed by atoms with Crippen molar-refractivity contribution in [3.8, 4) is 5.75 Å². The van der Waals surface area contributed by atoms with Gasteiger partial charge in [-0.15, -0.1) is 11.3 Å². The lowest BCUT2D eigenvalue weighted by Crippen LogP contribution is -2.45. The first-order valence-electron chi connectivity index (χ1n) is 7.86. The van der Waals surface area contributed by atoms with E-state index in [1.807, 2.05) is 43.5 Å². The third-order valence-electron chi connectivity index (χ3n) is 3.70. The van der Waals surface area contributed by atoms with Gasteiger partial charge in [0.1, 0.15) is 5.75 Å². The van der Waals surface area contributed by atoms with Gasteiger partial charge in [0.15, 0.2) is 10.7 Å². The Labute approximate surface area is 141 Å². The number of nitrogens with one attached hydrogen (secondary N) is 1. The van der Waals surface area contributed by atoms with Gasteiger partial charge < -0.3 is 4.74 Å². The van der Waals surface area contributed by atoms with Crippen molar-refractivity contribution in [3.63, 3.8) is 0 Å². The van der Waals surface area contributed by atoms with Crippen molar-refractivity contribution in [2.24, 2.45) is 5.92 Å². The molecule has 0 aliphatic rings. The van der Waals surface area contributed by atoms with Crippen molar-refractivity contribution < 1.29 is 9.53 Å². The van der Waals surface area contributed by atoms with Gasteiger partial charge in [-0.1, -0.05) is 31.5 Å². The van der Waals surface area contributed by atoms with Crippen LogP contribution >= 0.6 is 11.3 Å². The van der Waals surface area contributed by atoms with Crippen LogP contribution in [0.5, 0.6) is 5.75 Å². The number of nitrogens with zero attached hydrogens (tertiary/aromatic N) is 1. The molecule has 1 heterocycles. The van der Waals surface area contributed by atoms with Crippen molar-refractivity contribution in [1.82, 2.24) is 4.98 Å². The lowest BCUT2D eigenvalue weighted by molar-refractivity contribution is -0.130. The molecule has 5 heteroatoms. The van der Waals surface area contributed by atoms with E-state index in [1.54, 1.807) is 6.20 Å². The highest BCUT2D eigenvalue weighted by Crippen LogP contribution is 2.27. The SMILES string of the molecule is Cc1ccc(OC(C)(CCC(C)C)C(=O)Nc2nccs2)cc1. The van der Waals surface area contributed by atoms with Gasteiger partial charge in [-0.05, 0) is 44.7 Å². The average molecular weight is 332 g/mol. The minimum Gasteiger partial charge on any atom is -0.478 e. The summed E-state index contributed by atoms with van der Waals surface area (Å²) in [6.45, 7) is 8.16. The number of anilines is 1. The van der Waals surface area contributed by atoms with E-state index in [-0.39, 0.29) is 5.91 Å². The van der Waals surface area contributed by atoms with Gasteiger partial charge >= 0.3 is 0 Å². The molecule has 0 aliphatic carbocycles. The maximum absolute atomic E-state index is 12.7. The van der Waals surface area contributed by atoms with Crippen molar-refractivity contribution in [2.45, 2.75) is 46.1 Å². The number of thiazole rings is 1. The Kier molecular flexibility index (Phi) is 5.77. The van der Waals surface area contributed by atoms with E-state index >= 15 is 0 Å². The molecule has 4 nitrogen and oxygen atoms in total. The molecule has 0 spiro atoms. The second-order valence-corrected chi connectivity index (χ2v) is 7.26. The molecule has 124 valence electrons. The Morgan fingerprint density at radius 1 is 1.35 bits per heavy atom. The summed E-state index contributed by atoms with van der Waals surface area (Å²) in [5.41, 5.74) is 0.235. The number of hydrogen-bond donors (Lipinski definition) is 1. The number of aryl methyl sites for hydroxylation is 1. The lowest BCUT2D eigenvalue weighted by Gasteiger charge is -2.30. The Morgan fingerprint density at radius 2 is 2.04 bits per heavy atom. The Bertz CT molecular complexity index is 623. The number of rotatable bonds is 7. The van der Waals surface area contributed by atoms with Gasteiger partial charge in [0.2, 0.25) is 0 Å². The summed E-state index contributed by atoms with van der Waals surface area (Å²) in [7, 11) is 0. The van der Waals surface area contributed by atoms with E-state index < -0.39 is 5.60 Å². The lowest BCUT2D eigenvalue weighted by atomic mass is 9.94. The summed E-state index contributed by atoms with van der Waals surface area (Å²) in [4.78, 5) is 16.9. The van der Waals surface area contributed by atoms with E-state index in [9.17, 15) is 4.79 Å². The molecule has 0 aliphatic heterocycles. The van der Waals surface area contributed by atoms with Gasteiger partial charge in [-0.25, -0.2) is 4.98 Å². The topological polar surface area (TPSA) is 51.2 Å². The number of hydrogen-bond acceptors (Lipinski definition) is 4. The molecule has 1 amide bonds. The summed E-state index contributed by atoms with van der Waals surface area (Å²) in [6.07, 6.45) is 3.23. The van der Waals surface area contributed by atoms with Gasteiger partial charge in [0, 0.05) is 11.6 Å². The first-order chi connectivity index (χ1) is 10.9.